The molecule has 1 aliphatic heterocycles. The van der Waals surface area contributed by atoms with Gasteiger partial charge in [-0.1, -0.05) is 37.3 Å². The van der Waals surface area contributed by atoms with Crippen LogP contribution in [0.1, 0.15) is 12.5 Å². The third-order valence-corrected chi connectivity index (χ3v) is 4.54. The SMILES string of the molecule is CCN1CCN(CC(=O)N(CCN)CCc2ccccc2)CC1.Cl.Cl. The lowest BCUT2D eigenvalue weighted by Crippen LogP contribution is -2.50. The Hall–Kier alpha value is -0.850. The highest BCUT2D eigenvalue weighted by Gasteiger charge is 2.20. The van der Waals surface area contributed by atoms with Gasteiger partial charge in [-0.15, -0.1) is 24.8 Å². The molecule has 2 N–H and O–H groups in total. The number of carbonyl (C=O) groups is 1. The number of hydrogen-bond donors (Lipinski definition) is 1. The number of nitrogens with zero attached hydrogens (tertiary/aromatic N) is 3. The first-order valence-corrected chi connectivity index (χ1v) is 8.69. The van der Waals surface area contributed by atoms with Crippen molar-refractivity contribution in [2.24, 2.45) is 5.73 Å². The lowest BCUT2D eigenvalue weighted by atomic mass is 10.1. The van der Waals surface area contributed by atoms with Gasteiger partial charge in [0.15, 0.2) is 0 Å². The van der Waals surface area contributed by atoms with E-state index in [9.17, 15) is 4.79 Å². The monoisotopic (exact) mass is 390 g/mol. The second-order valence-electron chi connectivity index (χ2n) is 6.12. The van der Waals surface area contributed by atoms with Gasteiger partial charge in [0.2, 0.25) is 5.91 Å². The van der Waals surface area contributed by atoms with Crippen LogP contribution >= 0.6 is 24.8 Å². The zero-order valence-electron chi connectivity index (χ0n) is 15.1. The van der Waals surface area contributed by atoms with Gasteiger partial charge in [0.05, 0.1) is 6.54 Å². The molecule has 0 atom stereocenters. The first-order valence-electron chi connectivity index (χ1n) is 8.69. The zero-order chi connectivity index (χ0) is 16.5. The summed E-state index contributed by atoms with van der Waals surface area (Å²) in [5, 5.41) is 0. The predicted octanol–water partition coefficient (Wildman–Crippen LogP) is 1.50. The Bertz CT molecular complexity index is 467. The summed E-state index contributed by atoms with van der Waals surface area (Å²) in [6.07, 6.45) is 0.885. The Morgan fingerprint density at radius 3 is 2.20 bits per heavy atom. The molecule has 2 rings (SSSR count). The Morgan fingerprint density at radius 2 is 1.64 bits per heavy atom. The van der Waals surface area contributed by atoms with Gasteiger partial charge in [0, 0.05) is 45.8 Å². The van der Waals surface area contributed by atoms with Crippen LogP contribution in [0.25, 0.3) is 0 Å². The highest BCUT2D eigenvalue weighted by atomic mass is 35.5. The minimum Gasteiger partial charge on any atom is -0.340 e. The molecule has 1 fully saturated rings. The fourth-order valence-electron chi connectivity index (χ4n) is 2.98. The summed E-state index contributed by atoms with van der Waals surface area (Å²) in [5.41, 5.74) is 6.95. The zero-order valence-corrected chi connectivity index (χ0v) is 16.7. The molecule has 25 heavy (non-hydrogen) atoms. The van der Waals surface area contributed by atoms with Crippen molar-refractivity contribution in [3.05, 3.63) is 35.9 Å². The number of likely N-dealkylation sites (N-methyl/N-ethyl adjacent to an activating group) is 1. The van der Waals surface area contributed by atoms with Crippen LogP contribution in [0.15, 0.2) is 30.3 Å². The quantitative estimate of drug-likeness (QED) is 0.730. The summed E-state index contributed by atoms with van der Waals surface area (Å²) >= 11 is 0. The van der Waals surface area contributed by atoms with Crippen LogP contribution in [0.2, 0.25) is 0 Å². The number of piperazine rings is 1. The molecule has 0 radical (unpaired) electrons. The summed E-state index contributed by atoms with van der Waals surface area (Å²) in [4.78, 5) is 19.2. The molecule has 144 valence electrons. The molecule has 0 aromatic heterocycles. The van der Waals surface area contributed by atoms with E-state index in [0.29, 0.717) is 19.6 Å². The van der Waals surface area contributed by atoms with Crippen molar-refractivity contribution in [3.63, 3.8) is 0 Å². The van der Waals surface area contributed by atoms with Gasteiger partial charge in [-0.2, -0.15) is 0 Å². The minimum absolute atomic E-state index is 0. The molecule has 1 aliphatic rings. The number of carbonyl (C=O) groups excluding carboxylic acids is 1. The molecule has 1 saturated heterocycles. The van der Waals surface area contributed by atoms with Gasteiger partial charge in [-0.3, -0.25) is 9.69 Å². The van der Waals surface area contributed by atoms with Crippen LogP contribution in [0.5, 0.6) is 0 Å². The molecule has 1 amide bonds. The van der Waals surface area contributed by atoms with Crippen LogP contribution in [-0.2, 0) is 11.2 Å². The van der Waals surface area contributed by atoms with E-state index in [4.69, 9.17) is 5.73 Å². The summed E-state index contributed by atoms with van der Waals surface area (Å²) < 4.78 is 0. The maximum absolute atomic E-state index is 12.6. The van der Waals surface area contributed by atoms with Crippen LogP contribution in [-0.4, -0.2) is 79.5 Å². The summed E-state index contributed by atoms with van der Waals surface area (Å²) in [5.74, 6) is 0.205. The summed E-state index contributed by atoms with van der Waals surface area (Å²) in [6.45, 7) is 9.79. The van der Waals surface area contributed by atoms with Gasteiger partial charge in [0.25, 0.3) is 0 Å². The normalized spacial score (nSPS) is 15.1. The topological polar surface area (TPSA) is 52.8 Å². The predicted molar refractivity (Wildman–Crippen MR) is 109 cm³/mol. The Balaban J connectivity index is 0.00000288. The minimum atomic E-state index is 0. The molecular formula is C18H32Cl2N4O. The molecule has 0 spiro atoms. The molecule has 1 heterocycles. The summed E-state index contributed by atoms with van der Waals surface area (Å²) in [6, 6.07) is 10.3. The van der Waals surface area contributed by atoms with Gasteiger partial charge < -0.3 is 15.5 Å². The number of benzene rings is 1. The van der Waals surface area contributed by atoms with Crippen molar-refractivity contribution in [2.75, 3.05) is 58.9 Å². The highest BCUT2D eigenvalue weighted by Crippen LogP contribution is 2.05. The Labute approximate surface area is 164 Å². The van der Waals surface area contributed by atoms with Crippen molar-refractivity contribution in [1.82, 2.24) is 14.7 Å². The van der Waals surface area contributed by atoms with Crippen molar-refractivity contribution >= 4 is 30.7 Å². The number of hydrogen-bond acceptors (Lipinski definition) is 4. The van der Waals surface area contributed by atoms with Crippen LogP contribution in [0.3, 0.4) is 0 Å². The fraction of sp³-hybridized carbons (Fsp3) is 0.611. The molecule has 1 aromatic rings. The molecular weight excluding hydrogens is 359 g/mol. The van der Waals surface area contributed by atoms with E-state index in [1.54, 1.807) is 0 Å². The first-order chi connectivity index (χ1) is 11.2. The van der Waals surface area contributed by atoms with Crippen LogP contribution in [0.4, 0.5) is 0 Å². The van der Waals surface area contributed by atoms with E-state index in [0.717, 1.165) is 45.7 Å². The maximum atomic E-state index is 12.6. The molecule has 0 aliphatic carbocycles. The molecule has 0 bridgehead atoms. The third-order valence-electron chi connectivity index (χ3n) is 4.54. The first kappa shape index (κ1) is 24.1. The molecule has 0 unspecified atom stereocenters. The lowest BCUT2D eigenvalue weighted by molar-refractivity contribution is -0.132. The van der Waals surface area contributed by atoms with Crippen LogP contribution in [0, 0.1) is 0 Å². The largest absolute Gasteiger partial charge is 0.340 e. The van der Waals surface area contributed by atoms with E-state index in [2.05, 4.69) is 28.9 Å². The lowest BCUT2D eigenvalue weighted by Gasteiger charge is -2.34. The molecule has 7 heteroatoms. The Kier molecular flexibility index (Phi) is 12.9. The van der Waals surface area contributed by atoms with Crippen molar-refractivity contribution in [2.45, 2.75) is 13.3 Å². The standard InChI is InChI=1S/C18H30N4O.2ClH/c1-2-20-12-14-21(15-13-20)16-18(23)22(11-9-19)10-8-17-6-4-3-5-7-17;;/h3-7H,2,8-16,19H2,1H3;2*1H. The van der Waals surface area contributed by atoms with E-state index in [1.807, 2.05) is 23.1 Å². The van der Waals surface area contributed by atoms with Gasteiger partial charge in [-0.05, 0) is 18.5 Å². The smallest absolute Gasteiger partial charge is 0.236 e. The van der Waals surface area contributed by atoms with E-state index >= 15 is 0 Å². The number of halogens is 2. The second-order valence-corrected chi connectivity index (χ2v) is 6.12. The highest BCUT2D eigenvalue weighted by molar-refractivity contribution is 5.85. The Morgan fingerprint density at radius 1 is 1.04 bits per heavy atom. The van der Waals surface area contributed by atoms with Crippen molar-refractivity contribution in [1.29, 1.82) is 0 Å². The fourth-order valence-corrected chi connectivity index (χ4v) is 2.98. The molecule has 1 aromatic carbocycles. The molecule has 5 nitrogen and oxygen atoms in total. The summed E-state index contributed by atoms with van der Waals surface area (Å²) in [7, 11) is 0. The average molecular weight is 391 g/mol. The van der Waals surface area contributed by atoms with Gasteiger partial charge >= 0.3 is 0 Å². The number of rotatable bonds is 8. The van der Waals surface area contributed by atoms with E-state index in [-0.39, 0.29) is 30.7 Å². The second kappa shape index (κ2) is 13.4. The van der Waals surface area contributed by atoms with Gasteiger partial charge in [0.1, 0.15) is 0 Å². The molecule has 0 saturated carbocycles. The third kappa shape index (κ3) is 8.38. The van der Waals surface area contributed by atoms with Gasteiger partial charge in [-0.25, -0.2) is 0 Å². The maximum Gasteiger partial charge on any atom is 0.236 e. The van der Waals surface area contributed by atoms with E-state index < -0.39 is 0 Å². The van der Waals surface area contributed by atoms with E-state index in [1.165, 1.54) is 5.56 Å². The number of nitrogens with two attached hydrogens (primary N) is 1. The average Bonchev–Trinajstić information content (AvgIpc) is 2.60. The van der Waals surface area contributed by atoms with Crippen molar-refractivity contribution in [3.8, 4) is 0 Å². The van der Waals surface area contributed by atoms with Crippen molar-refractivity contribution < 1.29 is 4.79 Å². The van der Waals surface area contributed by atoms with Crippen LogP contribution < -0.4 is 5.73 Å². The number of amides is 1.